The predicted molar refractivity (Wildman–Crippen MR) is 84.1 cm³/mol. The molecule has 0 aliphatic carbocycles. The van der Waals surface area contributed by atoms with Crippen LogP contribution in [-0.4, -0.2) is 19.1 Å². The molecule has 0 bridgehead atoms. The number of para-hydroxylation sites is 1. The van der Waals surface area contributed by atoms with Crippen LogP contribution >= 0.6 is 0 Å². The number of carbonyl (C=O) groups excluding carboxylic acids is 1. The minimum absolute atomic E-state index is 0.0318. The summed E-state index contributed by atoms with van der Waals surface area (Å²) in [7, 11) is 0. The van der Waals surface area contributed by atoms with Gasteiger partial charge in [-0.25, -0.2) is 0 Å². The largest absolute Gasteiger partial charge is 0.381 e. The van der Waals surface area contributed by atoms with Gasteiger partial charge < -0.3 is 10.1 Å². The van der Waals surface area contributed by atoms with Crippen LogP contribution in [-0.2, 0) is 22.4 Å². The predicted octanol–water partition coefficient (Wildman–Crippen LogP) is 3.81. The molecule has 0 saturated heterocycles. The quantitative estimate of drug-likeness (QED) is 0.734. The van der Waals surface area contributed by atoms with E-state index in [0.29, 0.717) is 25.6 Å². The fourth-order valence-corrected chi connectivity index (χ4v) is 2.09. The molecular weight excluding hydrogens is 250 g/mol. The summed E-state index contributed by atoms with van der Waals surface area (Å²) < 4.78 is 5.46. The number of aryl methyl sites for hydroxylation is 2. The van der Waals surface area contributed by atoms with Gasteiger partial charge in [0.15, 0.2) is 0 Å². The zero-order chi connectivity index (χ0) is 15.0. The first-order valence-electron chi connectivity index (χ1n) is 7.56. The van der Waals surface area contributed by atoms with E-state index in [4.69, 9.17) is 4.74 Å². The second kappa shape index (κ2) is 8.75. The van der Waals surface area contributed by atoms with Crippen molar-refractivity contribution >= 4 is 11.6 Å². The van der Waals surface area contributed by atoms with Gasteiger partial charge in [-0.05, 0) is 29.9 Å². The normalized spacial score (nSPS) is 10.8. The molecule has 1 aromatic carbocycles. The smallest absolute Gasteiger partial charge is 0.226 e. The molecule has 0 fully saturated rings. The molecular formula is C17H27NO2. The summed E-state index contributed by atoms with van der Waals surface area (Å²) >= 11 is 0. The van der Waals surface area contributed by atoms with Crippen LogP contribution in [0.3, 0.4) is 0 Å². The van der Waals surface area contributed by atoms with Crippen LogP contribution in [0.5, 0.6) is 0 Å². The molecule has 0 unspecified atom stereocenters. The highest BCUT2D eigenvalue weighted by Crippen LogP contribution is 2.22. The van der Waals surface area contributed by atoms with Crippen molar-refractivity contribution in [2.45, 2.75) is 47.0 Å². The second-order valence-electron chi connectivity index (χ2n) is 5.43. The molecule has 1 rings (SSSR count). The average Bonchev–Trinajstić information content (AvgIpc) is 2.43. The molecule has 0 radical (unpaired) electrons. The Hall–Kier alpha value is -1.35. The third-order valence-corrected chi connectivity index (χ3v) is 3.19. The van der Waals surface area contributed by atoms with Crippen LogP contribution in [0.25, 0.3) is 0 Å². The molecule has 0 aromatic heterocycles. The first-order valence-corrected chi connectivity index (χ1v) is 7.56. The summed E-state index contributed by atoms with van der Waals surface area (Å²) in [5.74, 6) is 0.537. The van der Waals surface area contributed by atoms with Gasteiger partial charge in [0.1, 0.15) is 0 Å². The van der Waals surface area contributed by atoms with Crippen molar-refractivity contribution < 1.29 is 9.53 Å². The molecule has 112 valence electrons. The van der Waals surface area contributed by atoms with Gasteiger partial charge in [-0.2, -0.15) is 0 Å². The van der Waals surface area contributed by atoms with Gasteiger partial charge >= 0.3 is 0 Å². The van der Waals surface area contributed by atoms with Crippen LogP contribution in [0.1, 0.15) is 45.2 Å². The maximum Gasteiger partial charge on any atom is 0.226 e. The number of amides is 1. The summed E-state index contributed by atoms with van der Waals surface area (Å²) in [5, 5.41) is 3.05. The van der Waals surface area contributed by atoms with E-state index in [0.717, 1.165) is 18.5 Å². The van der Waals surface area contributed by atoms with E-state index in [1.54, 1.807) is 0 Å². The summed E-state index contributed by atoms with van der Waals surface area (Å²) in [6.45, 7) is 9.61. The first kappa shape index (κ1) is 16.7. The lowest BCUT2D eigenvalue weighted by atomic mass is 10.0. The van der Waals surface area contributed by atoms with Crippen molar-refractivity contribution in [1.82, 2.24) is 0 Å². The summed E-state index contributed by atoms with van der Waals surface area (Å²) in [6.07, 6.45) is 2.26. The minimum atomic E-state index is 0.0318. The lowest BCUT2D eigenvalue weighted by Gasteiger charge is -2.14. The van der Waals surface area contributed by atoms with Gasteiger partial charge in [0, 0.05) is 12.3 Å². The lowest BCUT2D eigenvalue weighted by Crippen LogP contribution is -2.17. The van der Waals surface area contributed by atoms with E-state index in [9.17, 15) is 4.79 Å². The molecule has 0 aliphatic rings. The van der Waals surface area contributed by atoms with Gasteiger partial charge in [-0.3, -0.25) is 4.79 Å². The van der Waals surface area contributed by atoms with Gasteiger partial charge in [0.2, 0.25) is 5.91 Å². The molecule has 0 saturated carbocycles. The maximum atomic E-state index is 12.0. The van der Waals surface area contributed by atoms with Crippen LogP contribution in [0.15, 0.2) is 18.2 Å². The Kier molecular flexibility index (Phi) is 7.31. The van der Waals surface area contributed by atoms with E-state index >= 15 is 0 Å². The molecule has 0 aliphatic heterocycles. The number of rotatable bonds is 8. The Morgan fingerprint density at radius 2 is 1.80 bits per heavy atom. The zero-order valence-electron chi connectivity index (χ0n) is 13.2. The van der Waals surface area contributed by atoms with E-state index in [1.807, 2.05) is 0 Å². The van der Waals surface area contributed by atoms with E-state index in [2.05, 4.69) is 51.2 Å². The molecule has 0 spiro atoms. The topological polar surface area (TPSA) is 38.3 Å². The Bertz CT molecular complexity index is 405. The first-order chi connectivity index (χ1) is 9.58. The third-order valence-electron chi connectivity index (χ3n) is 3.19. The van der Waals surface area contributed by atoms with Gasteiger partial charge in [0.05, 0.1) is 13.0 Å². The van der Waals surface area contributed by atoms with Crippen molar-refractivity contribution in [2.75, 3.05) is 18.5 Å². The maximum absolute atomic E-state index is 12.0. The fraction of sp³-hybridized carbons (Fsp3) is 0.588. The van der Waals surface area contributed by atoms with E-state index in [-0.39, 0.29) is 5.91 Å². The Balaban J connectivity index is 2.57. The monoisotopic (exact) mass is 277 g/mol. The Morgan fingerprint density at radius 1 is 1.20 bits per heavy atom. The summed E-state index contributed by atoms with van der Waals surface area (Å²) in [5.41, 5.74) is 3.38. The number of nitrogens with one attached hydrogen (secondary N) is 1. The highest BCUT2D eigenvalue weighted by atomic mass is 16.5. The molecule has 1 N–H and O–H groups in total. The van der Waals surface area contributed by atoms with Crippen molar-refractivity contribution in [3.63, 3.8) is 0 Å². The van der Waals surface area contributed by atoms with Crippen LogP contribution in [0, 0.1) is 5.92 Å². The number of carbonyl (C=O) groups is 1. The van der Waals surface area contributed by atoms with Gasteiger partial charge in [-0.15, -0.1) is 0 Å². The molecule has 1 aromatic rings. The fourth-order valence-electron chi connectivity index (χ4n) is 2.09. The molecule has 3 heteroatoms. The standard InChI is InChI=1S/C17H27NO2/c1-5-14-8-7-9-15(6-2)17(14)18-16(19)10-11-20-12-13(3)4/h7-9,13H,5-6,10-12H2,1-4H3,(H,18,19). The molecule has 20 heavy (non-hydrogen) atoms. The van der Waals surface area contributed by atoms with E-state index in [1.165, 1.54) is 11.1 Å². The van der Waals surface area contributed by atoms with E-state index < -0.39 is 0 Å². The number of hydrogen-bond donors (Lipinski definition) is 1. The number of anilines is 1. The molecule has 0 atom stereocenters. The van der Waals surface area contributed by atoms with Crippen LogP contribution < -0.4 is 5.32 Å². The third kappa shape index (κ3) is 5.33. The minimum Gasteiger partial charge on any atom is -0.381 e. The van der Waals surface area contributed by atoms with Gasteiger partial charge in [-0.1, -0.05) is 45.9 Å². The zero-order valence-corrected chi connectivity index (χ0v) is 13.2. The van der Waals surface area contributed by atoms with Crippen molar-refractivity contribution in [2.24, 2.45) is 5.92 Å². The second-order valence-corrected chi connectivity index (χ2v) is 5.43. The van der Waals surface area contributed by atoms with Gasteiger partial charge in [0.25, 0.3) is 0 Å². The van der Waals surface area contributed by atoms with Crippen molar-refractivity contribution in [1.29, 1.82) is 0 Å². The molecule has 0 heterocycles. The number of ether oxygens (including phenoxy) is 1. The van der Waals surface area contributed by atoms with Crippen molar-refractivity contribution in [3.05, 3.63) is 29.3 Å². The van der Waals surface area contributed by atoms with Crippen LogP contribution in [0.2, 0.25) is 0 Å². The summed E-state index contributed by atoms with van der Waals surface area (Å²) in [6, 6.07) is 6.20. The van der Waals surface area contributed by atoms with Crippen molar-refractivity contribution in [3.8, 4) is 0 Å². The molecule has 1 amide bonds. The highest BCUT2D eigenvalue weighted by molar-refractivity contribution is 5.92. The number of benzene rings is 1. The summed E-state index contributed by atoms with van der Waals surface area (Å²) in [4.78, 5) is 12.0. The lowest BCUT2D eigenvalue weighted by molar-refractivity contribution is -0.117. The highest BCUT2D eigenvalue weighted by Gasteiger charge is 2.09. The number of hydrogen-bond acceptors (Lipinski definition) is 2. The molecule has 3 nitrogen and oxygen atoms in total. The SMILES string of the molecule is CCc1cccc(CC)c1NC(=O)CCOCC(C)C. The Morgan fingerprint density at radius 3 is 2.30 bits per heavy atom. The average molecular weight is 277 g/mol. The Labute approximate surface area is 122 Å². The van der Waals surface area contributed by atoms with Crippen LogP contribution in [0.4, 0.5) is 5.69 Å².